The number of ether oxygens (including phenoxy) is 2. The third-order valence-electron chi connectivity index (χ3n) is 7.11. The van der Waals surface area contributed by atoms with Crippen LogP contribution in [0.3, 0.4) is 0 Å². The highest BCUT2D eigenvalue weighted by atomic mass is 19.1. The molecule has 0 radical (unpaired) electrons. The maximum absolute atomic E-state index is 14.2. The van der Waals surface area contributed by atoms with Gasteiger partial charge < -0.3 is 14.0 Å². The van der Waals surface area contributed by atoms with Crippen molar-refractivity contribution in [1.82, 2.24) is 14.3 Å². The Morgan fingerprint density at radius 2 is 1.73 bits per heavy atom. The molecule has 0 bridgehead atoms. The van der Waals surface area contributed by atoms with Crippen LogP contribution in [-0.4, -0.2) is 46.5 Å². The molecule has 1 aliphatic heterocycles. The molecule has 5 aromatic rings. The van der Waals surface area contributed by atoms with Gasteiger partial charge in [-0.15, -0.1) is 0 Å². The van der Waals surface area contributed by atoms with Gasteiger partial charge in [-0.25, -0.2) is 9.18 Å². The normalized spacial score (nSPS) is 19.6. The number of esters is 1. The quantitative estimate of drug-likeness (QED) is 0.219. The second kappa shape index (κ2) is 10.3. The third-order valence-corrected chi connectivity index (χ3v) is 7.11. The van der Waals surface area contributed by atoms with Crippen molar-refractivity contribution in [2.24, 2.45) is 5.41 Å². The van der Waals surface area contributed by atoms with Gasteiger partial charge in [0.05, 0.1) is 29.9 Å². The van der Waals surface area contributed by atoms with Crippen LogP contribution in [0.2, 0.25) is 0 Å². The molecule has 3 aromatic carbocycles. The second-order valence-corrected chi connectivity index (χ2v) is 10.9. The highest BCUT2D eigenvalue weighted by molar-refractivity contribution is 6.07. The molecule has 3 heterocycles. The Morgan fingerprint density at radius 1 is 1.05 bits per heavy atom. The molecule has 8 heteroatoms. The fourth-order valence-electron chi connectivity index (χ4n) is 5.09. The zero-order chi connectivity index (χ0) is 33.4. The predicted molar refractivity (Wildman–Crippen MR) is 156 cm³/mol. The molecule has 1 saturated heterocycles. The summed E-state index contributed by atoms with van der Waals surface area (Å²) in [6.45, 7) is 4.24. The highest BCUT2D eigenvalue weighted by Gasteiger charge is 2.30. The Labute approximate surface area is 244 Å². The zero-order valence-corrected chi connectivity index (χ0v) is 23.1. The van der Waals surface area contributed by atoms with E-state index in [0.717, 1.165) is 0 Å². The molecule has 0 unspecified atom stereocenters. The number of benzene rings is 3. The Bertz CT molecular complexity index is 2000. The lowest BCUT2D eigenvalue weighted by Crippen LogP contribution is -2.27. The Morgan fingerprint density at radius 3 is 2.37 bits per heavy atom. The summed E-state index contributed by atoms with van der Waals surface area (Å²) in [4.78, 5) is 25.7. The molecule has 1 aliphatic rings. The summed E-state index contributed by atoms with van der Waals surface area (Å²) in [7, 11) is 1.26. The fourth-order valence-corrected chi connectivity index (χ4v) is 5.09. The minimum Gasteiger partial charge on any atom is -0.465 e. The summed E-state index contributed by atoms with van der Waals surface area (Å²) in [5, 5.41) is 5.41. The number of fused-ring (bicyclic) bond motifs is 2. The molecule has 0 saturated carbocycles. The van der Waals surface area contributed by atoms with E-state index in [9.17, 15) is 15.4 Å². The minimum absolute atomic E-state index is 0.0347. The number of carbonyl (C=O) groups is 2. The average Bonchev–Trinajstić information content (AvgIpc) is 3.56. The van der Waals surface area contributed by atoms with Crippen LogP contribution >= 0.6 is 0 Å². The molecule has 1 fully saturated rings. The molecule has 2 aromatic heterocycles. The van der Waals surface area contributed by atoms with Crippen molar-refractivity contribution in [3.63, 3.8) is 0 Å². The number of hydrogen-bond donors (Lipinski definition) is 0. The highest BCUT2D eigenvalue weighted by Crippen LogP contribution is 2.45. The first-order valence-electron chi connectivity index (χ1n) is 15.7. The first-order valence-corrected chi connectivity index (χ1v) is 13.2. The number of halogens is 1. The van der Waals surface area contributed by atoms with Crippen molar-refractivity contribution in [3.8, 4) is 16.8 Å². The number of methoxy groups -OCH3 is 1. The van der Waals surface area contributed by atoms with Crippen LogP contribution in [-0.2, 0) is 9.47 Å². The van der Waals surface area contributed by atoms with E-state index in [4.69, 9.17) is 15.0 Å². The second-order valence-electron chi connectivity index (χ2n) is 10.9. The van der Waals surface area contributed by atoms with Crippen LogP contribution in [0.25, 0.3) is 38.6 Å². The number of aromatic nitrogens is 3. The van der Waals surface area contributed by atoms with Crippen LogP contribution in [0, 0.1) is 11.2 Å². The standard InChI is InChI=1S/C33H32FN3O4/c1-33(2,3)32(39)37-27-18-26-28(17-23(27)19-35-37)36(25-11-9-24(34)10-12-25)30(21-13-15-41-16-14-21)29(26)20-5-7-22(8-6-20)31(38)40-4/h5-12,17-19,21H,13-16H2,1-4H3/i13D2,14D2,21D. The van der Waals surface area contributed by atoms with E-state index in [1.807, 2.05) is 0 Å². The topological polar surface area (TPSA) is 75.3 Å². The first kappa shape index (κ1) is 21.4. The largest absolute Gasteiger partial charge is 0.465 e. The number of carbonyl (C=O) groups excluding carboxylic acids is 2. The van der Waals surface area contributed by atoms with Gasteiger partial charge in [0.2, 0.25) is 0 Å². The molecule has 7 nitrogen and oxygen atoms in total. The van der Waals surface area contributed by atoms with Crippen molar-refractivity contribution in [3.05, 3.63) is 83.9 Å². The summed E-state index contributed by atoms with van der Waals surface area (Å²) in [6.07, 6.45) is -3.55. The van der Waals surface area contributed by atoms with Gasteiger partial charge >= 0.3 is 5.97 Å². The number of nitrogens with zero attached hydrogens (tertiary/aromatic N) is 3. The van der Waals surface area contributed by atoms with E-state index >= 15 is 0 Å². The molecule has 0 N–H and O–H groups in total. The van der Waals surface area contributed by atoms with Gasteiger partial charge in [-0.05, 0) is 66.8 Å². The van der Waals surface area contributed by atoms with E-state index in [2.05, 4.69) is 5.10 Å². The molecular weight excluding hydrogens is 521 g/mol. The van der Waals surface area contributed by atoms with E-state index in [0.29, 0.717) is 38.6 Å². The molecule has 6 rings (SSSR count). The molecular formula is C33H32FN3O4. The molecule has 210 valence electrons. The Kier molecular flexibility index (Phi) is 5.37. The van der Waals surface area contributed by atoms with Crippen LogP contribution in [0.5, 0.6) is 0 Å². The molecule has 0 spiro atoms. The molecule has 0 amide bonds. The van der Waals surface area contributed by atoms with E-state index in [1.165, 1.54) is 54.4 Å². The van der Waals surface area contributed by atoms with Crippen molar-refractivity contribution < 1.29 is 30.3 Å². The van der Waals surface area contributed by atoms with Gasteiger partial charge in [0.15, 0.2) is 0 Å². The zero-order valence-electron chi connectivity index (χ0n) is 28.1. The molecule has 0 aliphatic carbocycles. The monoisotopic (exact) mass is 558 g/mol. The maximum Gasteiger partial charge on any atom is 0.337 e. The van der Waals surface area contributed by atoms with Gasteiger partial charge in [-0.2, -0.15) is 9.78 Å². The SMILES string of the molecule is [2H]C1([2H])COCC([2H])([2H])C1([2H])c1c(-c2ccc(C(=O)OC)cc2)c2cc3c(cnn3C(=O)C(C)(C)C)cc2n1-c1ccc(F)cc1. The maximum atomic E-state index is 14.2. The summed E-state index contributed by atoms with van der Waals surface area (Å²) in [5.74, 6) is -3.91. The number of hydrogen-bond acceptors (Lipinski definition) is 5. The lowest BCUT2D eigenvalue weighted by molar-refractivity contribution is 0.0600. The molecule has 41 heavy (non-hydrogen) atoms. The summed E-state index contributed by atoms with van der Waals surface area (Å²) >= 11 is 0. The molecule has 0 atom stereocenters. The Hall–Kier alpha value is -4.30. The van der Waals surface area contributed by atoms with Crippen molar-refractivity contribution in [2.45, 2.75) is 39.4 Å². The van der Waals surface area contributed by atoms with Gasteiger partial charge in [0, 0.05) is 59.1 Å². The lowest BCUT2D eigenvalue weighted by atomic mass is 9.89. The van der Waals surface area contributed by atoms with Crippen molar-refractivity contribution in [1.29, 1.82) is 0 Å². The van der Waals surface area contributed by atoms with E-state index in [-0.39, 0.29) is 17.2 Å². The van der Waals surface area contributed by atoms with E-state index in [1.54, 1.807) is 49.6 Å². The van der Waals surface area contributed by atoms with Crippen LogP contribution < -0.4 is 0 Å². The fraction of sp³-hybridized carbons (Fsp3) is 0.303. The smallest absolute Gasteiger partial charge is 0.337 e. The number of rotatable bonds is 4. The predicted octanol–water partition coefficient (Wildman–Crippen LogP) is 7.15. The van der Waals surface area contributed by atoms with Crippen LogP contribution in [0.4, 0.5) is 4.39 Å². The van der Waals surface area contributed by atoms with E-state index < -0.39 is 49.1 Å². The first-order chi connectivity index (χ1) is 21.5. The van der Waals surface area contributed by atoms with Gasteiger partial charge in [0.25, 0.3) is 5.91 Å². The van der Waals surface area contributed by atoms with Gasteiger partial charge in [0.1, 0.15) is 5.82 Å². The van der Waals surface area contributed by atoms with Gasteiger partial charge in [-0.3, -0.25) is 4.79 Å². The Balaban J connectivity index is 1.82. The third kappa shape index (κ3) is 4.72. The summed E-state index contributed by atoms with van der Waals surface area (Å²) in [5.41, 5.74) is 1.47. The lowest BCUT2D eigenvalue weighted by Gasteiger charge is -2.26. The summed E-state index contributed by atoms with van der Waals surface area (Å²) < 4.78 is 73.2. The summed E-state index contributed by atoms with van der Waals surface area (Å²) in [6, 6.07) is 15.2. The van der Waals surface area contributed by atoms with Crippen molar-refractivity contribution in [2.75, 3.05) is 20.3 Å². The van der Waals surface area contributed by atoms with Crippen LogP contribution in [0.15, 0.2) is 66.9 Å². The minimum atomic E-state index is -2.57. The van der Waals surface area contributed by atoms with Gasteiger partial charge in [-0.1, -0.05) is 32.9 Å². The van der Waals surface area contributed by atoms with Crippen molar-refractivity contribution >= 4 is 33.7 Å². The average molecular weight is 559 g/mol. The van der Waals surface area contributed by atoms with Crippen LogP contribution in [0.1, 0.15) is 67.1 Å².